The summed E-state index contributed by atoms with van der Waals surface area (Å²) in [7, 11) is 3.32. The summed E-state index contributed by atoms with van der Waals surface area (Å²) in [6.45, 7) is 4.15. The van der Waals surface area contributed by atoms with Crippen molar-refractivity contribution in [1.82, 2.24) is 14.0 Å². The monoisotopic (exact) mass is 404 g/mol. The number of carbonyl (C=O) groups excluding carboxylic acids is 2. The van der Waals surface area contributed by atoms with E-state index in [1.807, 2.05) is 24.3 Å². The molecule has 0 fully saturated rings. The molecule has 0 radical (unpaired) electrons. The van der Waals surface area contributed by atoms with Crippen LogP contribution in [0.4, 0.5) is 10.5 Å². The van der Waals surface area contributed by atoms with Gasteiger partial charge in [-0.15, -0.1) is 0 Å². The molecule has 2 aromatic heterocycles. The Morgan fingerprint density at radius 1 is 1.00 bits per heavy atom. The Balaban J connectivity index is 1.97. The first-order valence-electron chi connectivity index (χ1n) is 9.76. The highest BCUT2D eigenvalue weighted by atomic mass is 16.3. The number of aromatic hydroxyl groups is 1. The predicted molar refractivity (Wildman–Crippen MR) is 118 cm³/mol. The Morgan fingerprint density at radius 2 is 1.73 bits per heavy atom. The Bertz CT molecular complexity index is 1280. The summed E-state index contributed by atoms with van der Waals surface area (Å²) < 4.78 is 3.60. The molecule has 2 heterocycles. The second kappa shape index (κ2) is 7.26. The van der Waals surface area contributed by atoms with E-state index in [9.17, 15) is 14.7 Å². The molecular formula is C23H24N4O3. The van der Waals surface area contributed by atoms with Crippen LogP contribution in [0.5, 0.6) is 5.75 Å². The Labute approximate surface area is 174 Å². The van der Waals surface area contributed by atoms with Crippen molar-refractivity contribution >= 4 is 39.6 Å². The molecule has 30 heavy (non-hydrogen) atoms. The lowest BCUT2D eigenvalue weighted by Gasteiger charge is -2.15. The topological polar surface area (TPSA) is 79.5 Å². The SMILES string of the molecule is CC(C)n1c2ccccc2c2c1cc(C(=O)Nc1cccc(O)c1)n2C(=O)N(C)C. The van der Waals surface area contributed by atoms with Gasteiger partial charge in [0.25, 0.3) is 5.91 Å². The van der Waals surface area contributed by atoms with Crippen molar-refractivity contribution in [3.05, 3.63) is 60.3 Å². The summed E-state index contributed by atoms with van der Waals surface area (Å²) in [5.41, 5.74) is 3.23. The number of hydrogen-bond acceptors (Lipinski definition) is 3. The first-order chi connectivity index (χ1) is 14.3. The predicted octanol–water partition coefficient (Wildman–Crippen LogP) is 4.66. The third-order valence-corrected chi connectivity index (χ3v) is 5.09. The number of aromatic nitrogens is 2. The van der Waals surface area contributed by atoms with Crippen LogP contribution in [0.3, 0.4) is 0 Å². The van der Waals surface area contributed by atoms with Crippen molar-refractivity contribution in [2.75, 3.05) is 19.4 Å². The number of nitrogens with one attached hydrogen (secondary N) is 1. The zero-order valence-electron chi connectivity index (χ0n) is 17.4. The number of phenolic OH excluding ortho intramolecular Hbond substituents is 1. The molecule has 7 nitrogen and oxygen atoms in total. The van der Waals surface area contributed by atoms with Gasteiger partial charge in [0, 0.05) is 37.3 Å². The third kappa shape index (κ3) is 3.08. The van der Waals surface area contributed by atoms with E-state index in [-0.39, 0.29) is 23.5 Å². The second-order valence-corrected chi connectivity index (χ2v) is 7.76. The van der Waals surface area contributed by atoms with Gasteiger partial charge in [0.1, 0.15) is 11.4 Å². The average Bonchev–Trinajstić information content (AvgIpc) is 3.21. The molecule has 0 saturated heterocycles. The molecule has 154 valence electrons. The van der Waals surface area contributed by atoms with E-state index in [4.69, 9.17) is 0 Å². The van der Waals surface area contributed by atoms with Gasteiger partial charge in [-0.05, 0) is 38.1 Å². The van der Waals surface area contributed by atoms with Crippen LogP contribution in [0.2, 0.25) is 0 Å². The van der Waals surface area contributed by atoms with E-state index in [0.717, 1.165) is 16.4 Å². The molecule has 2 amide bonds. The molecule has 0 bridgehead atoms. The van der Waals surface area contributed by atoms with Crippen LogP contribution in [0, 0.1) is 0 Å². The highest BCUT2D eigenvalue weighted by molar-refractivity contribution is 6.16. The van der Waals surface area contributed by atoms with E-state index in [1.165, 1.54) is 21.6 Å². The molecular weight excluding hydrogens is 380 g/mol. The molecule has 7 heteroatoms. The summed E-state index contributed by atoms with van der Waals surface area (Å²) in [5, 5.41) is 13.4. The van der Waals surface area contributed by atoms with Crippen molar-refractivity contribution in [3.8, 4) is 5.75 Å². The van der Waals surface area contributed by atoms with E-state index in [2.05, 4.69) is 23.7 Å². The highest BCUT2D eigenvalue weighted by Crippen LogP contribution is 2.34. The molecule has 0 aliphatic heterocycles. The van der Waals surface area contributed by atoms with Crippen LogP contribution in [0.25, 0.3) is 21.9 Å². The molecule has 0 unspecified atom stereocenters. The molecule has 0 aliphatic carbocycles. The van der Waals surface area contributed by atoms with Gasteiger partial charge in [0.05, 0.1) is 16.6 Å². The fraction of sp³-hybridized carbons (Fsp3) is 0.217. The van der Waals surface area contributed by atoms with Gasteiger partial charge in [0.15, 0.2) is 0 Å². The minimum atomic E-state index is -0.425. The van der Waals surface area contributed by atoms with Crippen molar-refractivity contribution < 1.29 is 14.7 Å². The zero-order valence-corrected chi connectivity index (χ0v) is 17.4. The van der Waals surface area contributed by atoms with Gasteiger partial charge in [-0.2, -0.15) is 0 Å². The van der Waals surface area contributed by atoms with Crippen LogP contribution in [0.15, 0.2) is 54.6 Å². The van der Waals surface area contributed by atoms with Gasteiger partial charge < -0.3 is 19.9 Å². The second-order valence-electron chi connectivity index (χ2n) is 7.76. The summed E-state index contributed by atoms with van der Waals surface area (Å²) in [6, 6.07) is 15.8. The van der Waals surface area contributed by atoms with Crippen LogP contribution in [-0.4, -0.2) is 45.2 Å². The number of fused-ring (bicyclic) bond motifs is 3. The number of carbonyl (C=O) groups is 2. The minimum absolute atomic E-state index is 0.0509. The molecule has 2 aromatic carbocycles. The number of anilines is 1. The van der Waals surface area contributed by atoms with Crippen molar-refractivity contribution in [2.45, 2.75) is 19.9 Å². The molecule has 0 atom stereocenters. The number of rotatable bonds is 3. The van der Waals surface area contributed by atoms with Gasteiger partial charge >= 0.3 is 6.03 Å². The molecule has 0 saturated carbocycles. The number of amides is 2. The third-order valence-electron chi connectivity index (χ3n) is 5.09. The molecule has 4 aromatic rings. The fourth-order valence-corrected chi connectivity index (χ4v) is 3.85. The maximum Gasteiger partial charge on any atom is 0.328 e. The Hall–Kier alpha value is -3.74. The number of phenols is 1. The Morgan fingerprint density at radius 3 is 2.40 bits per heavy atom. The van der Waals surface area contributed by atoms with Crippen molar-refractivity contribution in [2.24, 2.45) is 0 Å². The summed E-state index contributed by atoms with van der Waals surface area (Å²) >= 11 is 0. The smallest absolute Gasteiger partial charge is 0.328 e. The van der Waals surface area contributed by atoms with E-state index in [1.54, 1.807) is 32.3 Å². The van der Waals surface area contributed by atoms with Gasteiger partial charge in [-0.3, -0.25) is 9.36 Å². The summed E-state index contributed by atoms with van der Waals surface area (Å²) in [4.78, 5) is 27.7. The number of para-hydroxylation sites is 1. The summed E-state index contributed by atoms with van der Waals surface area (Å²) in [5.74, 6) is -0.374. The highest BCUT2D eigenvalue weighted by Gasteiger charge is 2.27. The Kier molecular flexibility index (Phi) is 4.73. The first kappa shape index (κ1) is 19.6. The van der Waals surface area contributed by atoms with Gasteiger partial charge in [-0.25, -0.2) is 4.79 Å². The maximum atomic E-state index is 13.2. The lowest BCUT2D eigenvalue weighted by atomic mass is 10.2. The fourth-order valence-electron chi connectivity index (χ4n) is 3.85. The molecule has 0 aliphatic rings. The normalized spacial score (nSPS) is 11.4. The minimum Gasteiger partial charge on any atom is -0.508 e. The zero-order chi connectivity index (χ0) is 21.6. The quantitative estimate of drug-likeness (QED) is 0.521. The first-order valence-corrected chi connectivity index (χ1v) is 9.76. The van der Waals surface area contributed by atoms with Crippen molar-refractivity contribution in [1.29, 1.82) is 0 Å². The average molecular weight is 404 g/mol. The molecule has 0 spiro atoms. The number of nitrogens with zero attached hydrogens (tertiary/aromatic N) is 3. The number of hydrogen-bond donors (Lipinski definition) is 2. The van der Waals surface area contributed by atoms with Crippen LogP contribution < -0.4 is 5.32 Å². The number of benzene rings is 2. The van der Waals surface area contributed by atoms with Crippen LogP contribution in [-0.2, 0) is 0 Å². The molecule has 4 rings (SSSR count). The maximum absolute atomic E-state index is 13.2. The lowest BCUT2D eigenvalue weighted by molar-refractivity contribution is 0.101. The lowest BCUT2D eigenvalue weighted by Crippen LogP contribution is -2.30. The van der Waals surface area contributed by atoms with E-state index < -0.39 is 5.91 Å². The van der Waals surface area contributed by atoms with Gasteiger partial charge in [-0.1, -0.05) is 24.3 Å². The van der Waals surface area contributed by atoms with Gasteiger partial charge in [0.2, 0.25) is 0 Å². The summed E-state index contributed by atoms with van der Waals surface area (Å²) in [6.07, 6.45) is 0. The molecule has 2 N–H and O–H groups in total. The standard InChI is InChI=1S/C23H24N4O3/c1-14(2)26-18-11-6-5-10-17(18)21-19(26)13-20(27(21)23(30)25(3)4)22(29)24-15-8-7-9-16(28)12-15/h5-14,28H,1-4H3,(H,24,29). The van der Waals surface area contributed by atoms with E-state index in [0.29, 0.717) is 11.2 Å². The largest absolute Gasteiger partial charge is 0.508 e. The van der Waals surface area contributed by atoms with Crippen LogP contribution >= 0.6 is 0 Å². The van der Waals surface area contributed by atoms with Crippen LogP contribution in [0.1, 0.15) is 30.4 Å². The van der Waals surface area contributed by atoms with Crippen molar-refractivity contribution in [3.63, 3.8) is 0 Å². The van der Waals surface area contributed by atoms with E-state index >= 15 is 0 Å².